The number of hydrogen-bond donors (Lipinski definition) is 3. The molecule has 1 aliphatic carbocycles. The van der Waals surface area contributed by atoms with Gasteiger partial charge in [-0.15, -0.1) is 0 Å². The zero-order chi connectivity index (χ0) is 20.3. The maximum atomic E-state index is 14.4. The van der Waals surface area contributed by atoms with Gasteiger partial charge in [0.05, 0.1) is 23.4 Å². The monoisotopic (exact) mass is 398 g/mol. The van der Waals surface area contributed by atoms with E-state index in [4.69, 9.17) is 10.5 Å². The molecule has 1 aromatic carbocycles. The third kappa shape index (κ3) is 3.10. The Morgan fingerprint density at radius 1 is 1.31 bits per heavy atom. The average molecular weight is 398 g/mol. The van der Waals surface area contributed by atoms with E-state index in [1.165, 1.54) is 12.4 Å². The van der Waals surface area contributed by atoms with Crippen molar-refractivity contribution in [1.29, 1.82) is 0 Å². The zero-order valence-corrected chi connectivity index (χ0v) is 16.3. The summed E-state index contributed by atoms with van der Waals surface area (Å²) < 4.78 is 20.3. The van der Waals surface area contributed by atoms with Crippen molar-refractivity contribution in [2.75, 3.05) is 11.4 Å². The minimum atomic E-state index is -0.610. The number of anilines is 1. The van der Waals surface area contributed by atoms with Crippen LogP contribution >= 0.6 is 0 Å². The maximum Gasteiger partial charge on any atom is 0.167 e. The topological polar surface area (TPSA) is 113 Å². The lowest BCUT2D eigenvalue weighted by molar-refractivity contribution is 0.175. The molecule has 3 aromatic rings. The molecular formula is C20H23FN6O2. The molecule has 29 heavy (non-hydrogen) atoms. The van der Waals surface area contributed by atoms with Gasteiger partial charge in [-0.25, -0.2) is 14.4 Å². The van der Waals surface area contributed by atoms with Gasteiger partial charge < -0.3 is 20.5 Å². The van der Waals surface area contributed by atoms with Crippen LogP contribution in [0.5, 0.6) is 5.75 Å². The molecule has 8 nitrogen and oxygen atoms in total. The number of β-amino-alcohol motifs (C(OH)–C–C–N with tert-alkyl or cyclic N) is 1. The predicted molar refractivity (Wildman–Crippen MR) is 106 cm³/mol. The summed E-state index contributed by atoms with van der Waals surface area (Å²) in [5, 5.41) is 18.0. The molecule has 152 valence electrons. The fourth-order valence-corrected chi connectivity index (χ4v) is 3.79. The van der Waals surface area contributed by atoms with E-state index >= 15 is 0 Å². The van der Waals surface area contributed by atoms with Crippen LogP contribution in [0.25, 0.3) is 22.3 Å². The van der Waals surface area contributed by atoms with Crippen LogP contribution in [0.3, 0.4) is 0 Å². The first kappa shape index (κ1) is 18.3. The number of nitrogens with one attached hydrogen (secondary N) is 1. The van der Waals surface area contributed by atoms with Gasteiger partial charge in [-0.2, -0.15) is 5.10 Å². The van der Waals surface area contributed by atoms with E-state index < -0.39 is 11.9 Å². The van der Waals surface area contributed by atoms with Crippen molar-refractivity contribution in [3.8, 4) is 17.1 Å². The van der Waals surface area contributed by atoms with Gasteiger partial charge in [0.1, 0.15) is 23.4 Å². The lowest BCUT2D eigenvalue weighted by Crippen LogP contribution is -2.40. The number of aliphatic hydroxyl groups is 1. The van der Waals surface area contributed by atoms with Crippen molar-refractivity contribution in [3.05, 3.63) is 30.3 Å². The van der Waals surface area contributed by atoms with Crippen molar-refractivity contribution in [1.82, 2.24) is 20.2 Å². The number of H-pyrrole nitrogens is 1. The van der Waals surface area contributed by atoms with Crippen LogP contribution in [0.2, 0.25) is 0 Å². The van der Waals surface area contributed by atoms with Crippen molar-refractivity contribution in [2.45, 2.75) is 50.5 Å². The van der Waals surface area contributed by atoms with Crippen LogP contribution in [0.1, 0.15) is 26.7 Å². The molecule has 1 aliphatic heterocycles. The van der Waals surface area contributed by atoms with Gasteiger partial charge in [0.2, 0.25) is 0 Å². The summed E-state index contributed by atoms with van der Waals surface area (Å²) in [4.78, 5) is 10.7. The summed E-state index contributed by atoms with van der Waals surface area (Å²) >= 11 is 0. The van der Waals surface area contributed by atoms with Crippen molar-refractivity contribution in [2.24, 2.45) is 5.73 Å². The number of aliphatic hydroxyl groups excluding tert-OH is 1. The summed E-state index contributed by atoms with van der Waals surface area (Å²) in [7, 11) is 0. The third-order valence-corrected chi connectivity index (χ3v) is 5.99. The minimum absolute atomic E-state index is 0.0583. The first-order chi connectivity index (χ1) is 13.8. The van der Waals surface area contributed by atoms with Crippen LogP contribution in [0.15, 0.2) is 24.5 Å². The van der Waals surface area contributed by atoms with Crippen LogP contribution < -0.4 is 15.4 Å². The molecule has 2 aromatic heterocycles. The Balaban J connectivity index is 1.53. The van der Waals surface area contributed by atoms with Gasteiger partial charge in [0.25, 0.3) is 0 Å². The highest BCUT2D eigenvalue weighted by molar-refractivity contribution is 5.93. The fourth-order valence-electron chi connectivity index (χ4n) is 3.79. The second-order valence-corrected chi connectivity index (χ2v) is 8.25. The van der Waals surface area contributed by atoms with E-state index in [1.807, 2.05) is 24.8 Å². The Morgan fingerprint density at radius 2 is 2.10 bits per heavy atom. The molecule has 2 fully saturated rings. The zero-order valence-electron chi connectivity index (χ0n) is 16.3. The number of aromatic nitrogens is 4. The maximum absolute atomic E-state index is 14.4. The molecule has 5 rings (SSSR count). The summed E-state index contributed by atoms with van der Waals surface area (Å²) in [5.74, 6) is 0.462. The predicted octanol–water partition coefficient (Wildman–Crippen LogP) is 1.99. The van der Waals surface area contributed by atoms with Crippen LogP contribution in [-0.4, -0.2) is 55.6 Å². The number of ether oxygens (including phenoxy) is 1. The summed E-state index contributed by atoms with van der Waals surface area (Å²) in [6.45, 7) is 4.33. The van der Waals surface area contributed by atoms with Gasteiger partial charge in [-0.05, 0) is 32.8 Å². The second-order valence-electron chi connectivity index (χ2n) is 8.25. The molecule has 2 aliphatic rings. The van der Waals surface area contributed by atoms with E-state index in [1.54, 1.807) is 6.07 Å². The van der Waals surface area contributed by atoms with E-state index in [0.29, 0.717) is 29.3 Å². The molecule has 0 radical (unpaired) electrons. The van der Waals surface area contributed by atoms with E-state index in [9.17, 15) is 9.50 Å². The Labute approximate surface area is 166 Å². The number of hydrogen-bond acceptors (Lipinski definition) is 7. The van der Waals surface area contributed by atoms with E-state index in [-0.39, 0.29) is 23.4 Å². The second kappa shape index (κ2) is 6.36. The molecule has 9 heteroatoms. The Morgan fingerprint density at radius 3 is 2.79 bits per heavy atom. The Kier molecular flexibility index (Phi) is 4.01. The smallest absolute Gasteiger partial charge is 0.167 e. The van der Waals surface area contributed by atoms with Crippen LogP contribution in [0, 0.1) is 5.82 Å². The molecule has 3 unspecified atom stereocenters. The standard InChI is InChI=1S/C20H23FN6O2/c1-10-18(22)15(28)8-27(10)17-7-14(23-9-24-17)19-11-5-16(29-20(2)3-4-20)12(21)6-13(11)25-26-19/h5-7,9-10,15,18,28H,3-4,8,22H2,1-2H3,(H,25,26). The lowest BCUT2D eigenvalue weighted by Gasteiger charge is -2.23. The average Bonchev–Trinajstić information content (AvgIpc) is 3.20. The van der Waals surface area contributed by atoms with Crippen molar-refractivity contribution < 1.29 is 14.2 Å². The van der Waals surface area contributed by atoms with Crippen LogP contribution in [-0.2, 0) is 0 Å². The fraction of sp³-hybridized carbons (Fsp3) is 0.450. The normalized spacial score (nSPS) is 25.6. The molecule has 1 saturated heterocycles. The van der Waals surface area contributed by atoms with Gasteiger partial charge >= 0.3 is 0 Å². The number of halogens is 1. The molecule has 1 saturated carbocycles. The van der Waals surface area contributed by atoms with E-state index in [0.717, 1.165) is 18.2 Å². The molecular weight excluding hydrogens is 375 g/mol. The minimum Gasteiger partial charge on any atom is -0.484 e. The van der Waals surface area contributed by atoms with Crippen LogP contribution in [0.4, 0.5) is 10.2 Å². The quantitative estimate of drug-likeness (QED) is 0.616. The number of nitrogens with zero attached hydrogens (tertiary/aromatic N) is 4. The molecule has 3 atom stereocenters. The third-order valence-electron chi connectivity index (χ3n) is 5.99. The molecule has 4 N–H and O–H groups in total. The van der Waals surface area contributed by atoms with Gasteiger partial charge in [0.15, 0.2) is 11.6 Å². The Bertz CT molecular complexity index is 1080. The first-order valence-corrected chi connectivity index (χ1v) is 9.74. The van der Waals surface area contributed by atoms with Crippen molar-refractivity contribution >= 4 is 16.7 Å². The SMILES string of the molecule is CC1C(N)C(O)CN1c1cc(-c2n[nH]c3cc(F)c(OC4(C)CC4)cc23)ncn1. The number of benzene rings is 1. The molecule has 0 amide bonds. The Hall–Kier alpha value is -2.78. The highest BCUT2D eigenvalue weighted by Gasteiger charge is 2.41. The largest absolute Gasteiger partial charge is 0.484 e. The molecule has 0 bridgehead atoms. The van der Waals surface area contributed by atoms with E-state index in [2.05, 4.69) is 20.2 Å². The molecule has 3 heterocycles. The van der Waals surface area contributed by atoms with Gasteiger partial charge in [-0.3, -0.25) is 5.10 Å². The van der Waals surface area contributed by atoms with Gasteiger partial charge in [-0.1, -0.05) is 0 Å². The number of nitrogens with two attached hydrogens (primary N) is 1. The highest BCUT2D eigenvalue weighted by Crippen LogP contribution is 2.41. The lowest BCUT2D eigenvalue weighted by atomic mass is 10.1. The first-order valence-electron chi connectivity index (χ1n) is 9.74. The number of aromatic amines is 1. The highest BCUT2D eigenvalue weighted by atomic mass is 19.1. The van der Waals surface area contributed by atoms with Crippen molar-refractivity contribution in [3.63, 3.8) is 0 Å². The molecule has 0 spiro atoms. The summed E-state index contributed by atoms with van der Waals surface area (Å²) in [6, 6.07) is 4.48. The number of rotatable bonds is 4. The van der Waals surface area contributed by atoms with Gasteiger partial charge in [0, 0.05) is 30.1 Å². The summed E-state index contributed by atoms with van der Waals surface area (Å²) in [5.41, 5.74) is 7.51. The summed E-state index contributed by atoms with van der Waals surface area (Å²) in [6.07, 6.45) is 2.68. The number of fused-ring (bicyclic) bond motifs is 1.